The van der Waals surface area contributed by atoms with Gasteiger partial charge < -0.3 is 15.5 Å². The average Bonchev–Trinajstić information content (AvgIpc) is 2.28. The van der Waals surface area contributed by atoms with Gasteiger partial charge in [-0.15, -0.1) is 0 Å². The predicted octanol–water partition coefficient (Wildman–Crippen LogP) is 0.671. The summed E-state index contributed by atoms with van der Waals surface area (Å²) in [5, 5.41) is 19.9. The van der Waals surface area contributed by atoms with E-state index in [1.165, 1.54) is 18.2 Å². The van der Waals surface area contributed by atoms with E-state index >= 15 is 0 Å². The van der Waals surface area contributed by atoms with Crippen molar-refractivity contribution < 1.29 is 19.4 Å². The normalized spacial score (nSPS) is 12.2. The Labute approximate surface area is 100 Å². The number of aliphatic hydroxyl groups excluding tert-OH is 2. The molecule has 6 heteroatoms. The predicted molar refractivity (Wildman–Crippen MR) is 59.5 cm³/mol. The number of nitrogens with one attached hydrogen (secondary N) is 1. The SMILES string of the molecule is O=C(NCC(O)CO)c1cc(Br)ccc1F. The third-order valence-corrected chi connectivity index (χ3v) is 2.38. The first-order valence-corrected chi connectivity index (χ1v) is 5.36. The number of carbonyl (C=O) groups is 1. The molecular weight excluding hydrogens is 281 g/mol. The molecule has 0 radical (unpaired) electrons. The summed E-state index contributed by atoms with van der Waals surface area (Å²) in [7, 11) is 0. The zero-order chi connectivity index (χ0) is 12.1. The summed E-state index contributed by atoms with van der Waals surface area (Å²) in [4.78, 5) is 11.5. The van der Waals surface area contributed by atoms with E-state index in [0.717, 1.165) is 0 Å². The number of hydrogen-bond acceptors (Lipinski definition) is 3. The summed E-state index contributed by atoms with van der Waals surface area (Å²) >= 11 is 3.12. The molecule has 0 fully saturated rings. The van der Waals surface area contributed by atoms with Crippen LogP contribution < -0.4 is 5.32 Å². The van der Waals surface area contributed by atoms with Gasteiger partial charge in [0, 0.05) is 11.0 Å². The molecule has 0 aromatic heterocycles. The molecule has 0 saturated heterocycles. The van der Waals surface area contributed by atoms with Gasteiger partial charge in [-0.25, -0.2) is 4.39 Å². The van der Waals surface area contributed by atoms with E-state index in [2.05, 4.69) is 21.2 Å². The molecule has 0 saturated carbocycles. The lowest BCUT2D eigenvalue weighted by Crippen LogP contribution is -2.34. The number of aliphatic hydroxyl groups is 2. The standard InChI is InChI=1S/C10H11BrFNO3/c11-6-1-2-9(12)8(3-6)10(16)13-4-7(15)5-14/h1-3,7,14-15H,4-5H2,(H,13,16). The van der Waals surface area contributed by atoms with E-state index in [-0.39, 0.29) is 12.1 Å². The first kappa shape index (κ1) is 13.1. The van der Waals surface area contributed by atoms with E-state index in [1.807, 2.05) is 0 Å². The van der Waals surface area contributed by atoms with Crippen LogP contribution in [-0.4, -0.2) is 35.4 Å². The minimum absolute atomic E-state index is 0.112. The van der Waals surface area contributed by atoms with Gasteiger partial charge in [-0.05, 0) is 18.2 Å². The second-order valence-corrected chi connectivity index (χ2v) is 4.09. The Morgan fingerprint density at radius 3 is 2.88 bits per heavy atom. The van der Waals surface area contributed by atoms with Crippen LogP contribution in [0.4, 0.5) is 4.39 Å². The minimum atomic E-state index is -1.04. The van der Waals surface area contributed by atoms with Crippen LogP contribution in [0.15, 0.2) is 22.7 Å². The van der Waals surface area contributed by atoms with Crippen LogP contribution in [0.1, 0.15) is 10.4 Å². The summed E-state index contributed by atoms with van der Waals surface area (Å²) in [6, 6.07) is 3.99. The molecule has 1 atom stereocenters. The van der Waals surface area contributed by atoms with Crippen LogP contribution in [0, 0.1) is 5.82 Å². The van der Waals surface area contributed by atoms with Crippen LogP contribution in [-0.2, 0) is 0 Å². The van der Waals surface area contributed by atoms with E-state index in [4.69, 9.17) is 10.2 Å². The Morgan fingerprint density at radius 1 is 1.56 bits per heavy atom. The molecule has 16 heavy (non-hydrogen) atoms. The molecule has 0 aliphatic heterocycles. The molecule has 0 heterocycles. The Hall–Kier alpha value is -0.980. The zero-order valence-corrected chi connectivity index (χ0v) is 9.87. The monoisotopic (exact) mass is 291 g/mol. The van der Waals surface area contributed by atoms with E-state index < -0.39 is 24.4 Å². The molecule has 1 aromatic carbocycles. The summed E-state index contributed by atoms with van der Waals surface area (Å²) < 4.78 is 13.8. The first-order valence-electron chi connectivity index (χ1n) is 4.56. The lowest BCUT2D eigenvalue weighted by molar-refractivity contribution is 0.0799. The number of halogens is 2. The zero-order valence-electron chi connectivity index (χ0n) is 8.28. The number of rotatable bonds is 4. The lowest BCUT2D eigenvalue weighted by Gasteiger charge is -2.09. The average molecular weight is 292 g/mol. The third-order valence-electron chi connectivity index (χ3n) is 1.88. The summed E-state index contributed by atoms with van der Waals surface area (Å²) in [5.41, 5.74) is -0.112. The quantitative estimate of drug-likeness (QED) is 0.764. The smallest absolute Gasteiger partial charge is 0.254 e. The molecule has 1 aromatic rings. The second kappa shape index (κ2) is 5.93. The van der Waals surface area contributed by atoms with Gasteiger partial charge in [-0.2, -0.15) is 0 Å². The molecule has 0 bridgehead atoms. The van der Waals surface area contributed by atoms with Crippen molar-refractivity contribution in [2.45, 2.75) is 6.10 Å². The number of benzene rings is 1. The highest BCUT2D eigenvalue weighted by Crippen LogP contribution is 2.15. The molecular formula is C10H11BrFNO3. The van der Waals surface area contributed by atoms with Crippen LogP contribution in [0.5, 0.6) is 0 Å². The number of hydrogen-bond donors (Lipinski definition) is 3. The van der Waals surface area contributed by atoms with E-state index in [1.54, 1.807) is 0 Å². The van der Waals surface area contributed by atoms with Gasteiger partial charge in [0.2, 0.25) is 0 Å². The first-order chi connectivity index (χ1) is 7.54. The Balaban J connectivity index is 2.69. The summed E-state index contributed by atoms with van der Waals surface area (Å²) in [6.45, 7) is -0.581. The van der Waals surface area contributed by atoms with Gasteiger partial charge in [0.25, 0.3) is 5.91 Å². The molecule has 3 N–H and O–H groups in total. The van der Waals surface area contributed by atoms with Crippen LogP contribution in [0.2, 0.25) is 0 Å². The van der Waals surface area contributed by atoms with Crippen molar-refractivity contribution in [2.24, 2.45) is 0 Å². The van der Waals surface area contributed by atoms with Crippen molar-refractivity contribution in [1.29, 1.82) is 0 Å². The lowest BCUT2D eigenvalue weighted by atomic mass is 10.2. The van der Waals surface area contributed by atoms with E-state index in [9.17, 15) is 9.18 Å². The van der Waals surface area contributed by atoms with Crippen LogP contribution in [0.3, 0.4) is 0 Å². The number of amides is 1. The molecule has 0 aliphatic carbocycles. The molecule has 1 rings (SSSR count). The van der Waals surface area contributed by atoms with Gasteiger partial charge in [-0.3, -0.25) is 4.79 Å². The minimum Gasteiger partial charge on any atom is -0.394 e. The Morgan fingerprint density at radius 2 is 2.25 bits per heavy atom. The third kappa shape index (κ3) is 3.55. The van der Waals surface area contributed by atoms with Gasteiger partial charge >= 0.3 is 0 Å². The molecule has 88 valence electrons. The fraction of sp³-hybridized carbons (Fsp3) is 0.300. The van der Waals surface area contributed by atoms with Crippen LogP contribution in [0.25, 0.3) is 0 Å². The van der Waals surface area contributed by atoms with Gasteiger partial charge in [0.1, 0.15) is 5.82 Å². The molecule has 0 aliphatic rings. The molecule has 1 unspecified atom stereocenters. The second-order valence-electron chi connectivity index (χ2n) is 3.17. The van der Waals surface area contributed by atoms with E-state index in [0.29, 0.717) is 4.47 Å². The van der Waals surface area contributed by atoms with Crippen molar-refractivity contribution in [1.82, 2.24) is 5.32 Å². The molecule has 0 spiro atoms. The highest BCUT2D eigenvalue weighted by molar-refractivity contribution is 9.10. The summed E-state index contributed by atoms with van der Waals surface area (Å²) in [5.74, 6) is -1.27. The summed E-state index contributed by atoms with van der Waals surface area (Å²) in [6.07, 6.45) is -1.04. The van der Waals surface area contributed by atoms with Crippen LogP contribution >= 0.6 is 15.9 Å². The van der Waals surface area contributed by atoms with Crippen molar-refractivity contribution in [3.8, 4) is 0 Å². The molecule has 4 nitrogen and oxygen atoms in total. The highest BCUT2D eigenvalue weighted by Gasteiger charge is 2.13. The Kier molecular flexibility index (Phi) is 4.85. The van der Waals surface area contributed by atoms with Gasteiger partial charge in [0.15, 0.2) is 0 Å². The Bertz CT molecular complexity index is 386. The molecule has 1 amide bonds. The van der Waals surface area contributed by atoms with Gasteiger partial charge in [-0.1, -0.05) is 15.9 Å². The fourth-order valence-corrected chi connectivity index (χ4v) is 1.40. The van der Waals surface area contributed by atoms with Gasteiger partial charge in [0.05, 0.1) is 18.3 Å². The number of carbonyl (C=O) groups excluding carboxylic acids is 1. The maximum atomic E-state index is 13.2. The fourth-order valence-electron chi connectivity index (χ4n) is 1.04. The maximum absolute atomic E-state index is 13.2. The van der Waals surface area contributed by atoms with Crippen molar-refractivity contribution >= 4 is 21.8 Å². The highest BCUT2D eigenvalue weighted by atomic mass is 79.9. The maximum Gasteiger partial charge on any atom is 0.254 e. The topological polar surface area (TPSA) is 69.6 Å². The van der Waals surface area contributed by atoms with Crippen molar-refractivity contribution in [2.75, 3.05) is 13.2 Å². The largest absolute Gasteiger partial charge is 0.394 e. The van der Waals surface area contributed by atoms with Crippen molar-refractivity contribution in [3.05, 3.63) is 34.1 Å². The van der Waals surface area contributed by atoms with Crippen molar-refractivity contribution in [3.63, 3.8) is 0 Å².